The van der Waals surface area contributed by atoms with Crippen molar-refractivity contribution >= 4 is 11.6 Å². The molecule has 0 radical (unpaired) electrons. The van der Waals surface area contributed by atoms with Gasteiger partial charge in [0.25, 0.3) is 0 Å². The molecule has 0 saturated carbocycles. The number of benzene rings is 1. The van der Waals surface area contributed by atoms with Crippen molar-refractivity contribution < 1.29 is 4.74 Å². The zero-order chi connectivity index (χ0) is 11.3. The Morgan fingerprint density at radius 3 is 2.40 bits per heavy atom. The summed E-state index contributed by atoms with van der Waals surface area (Å²) < 4.78 is 5.08. The molecule has 2 nitrogen and oxygen atoms in total. The van der Waals surface area contributed by atoms with E-state index in [1.54, 1.807) is 7.11 Å². The second kappa shape index (κ2) is 6.11. The third-order valence-electron chi connectivity index (χ3n) is 2.32. The molecule has 1 aromatic rings. The van der Waals surface area contributed by atoms with E-state index in [0.717, 1.165) is 11.6 Å². The number of halogens is 1. The maximum absolute atomic E-state index is 5.83. The van der Waals surface area contributed by atoms with Crippen molar-refractivity contribution in [3.05, 3.63) is 34.9 Å². The molecule has 0 spiro atoms. The summed E-state index contributed by atoms with van der Waals surface area (Å²) in [5, 5.41) is 4.22. The van der Waals surface area contributed by atoms with Gasteiger partial charge in [0, 0.05) is 24.2 Å². The van der Waals surface area contributed by atoms with Crippen molar-refractivity contribution in [1.82, 2.24) is 5.32 Å². The lowest BCUT2D eigenvalue weighted by Crippen LogP contribution is -2.32. The Kier molecular flexibility index (Phi) is 5.09. The van der Waals surface area contributed by atoms with Gasteiger partial charge in [0.2, 0.25) is 0 Å². The lowest BCUT2D eigenvalue weighted by molar-refractivity contribution is 0.168. The monoisotopic (exact) mass is 227 g/mol. The van der Waals surface area contributed by atoms with Crippen LogP contribution in [0.15, 0.2) is 24.3 Å². The molecule has 84 valence electrons. The summed E-state index contributed by atoms with van der Waals surface area (Å²) in [6, 6.07) is 8.57. The van der Waals surface area contributed by atoms with Crippen LogP contribution in [0.25, 0.3) is 0 Å². The molecule has 0 aliphatic carbocycles. The Bertz CT molecular complexity index is 286. The maximum atomic E-state index is 5.83. The largest absolute Gasteiger partial charge is 0.383 e. The van der Waals surface area contributed by atoms with Crippen molar-refractivity contribution in [2.45, 2.75) is 25.9 Å². The summed E-state index contributed by atoms with van der Waals surface area (Å²) in [5.41, 5.74) is 1.24. The van der Waals surface area contributed by atoms with Gasteiger partial charge in [-0.1, -0.05) is 23.7 Å². The van der Waals surface area contributed by atoms with Gasteiger partial charge in [-0.3, -0.25) is 0 Å². The minimum absolute atomic E-state index is 0.312. The predicted octanol–water partition coefficient (Wildman–Crippen LogP) is 3.03. The van der Waals surface area contributed by atoms with Crippen molar-refractivity contribution in [3.63, 3.8) is 0 Å². The lowest BCUT2D eigenvalue weighted by Gasteiger charge is -2.19. The summed E-state index contributed by atoms with van der Waals surface area (Å²) in [7, 11) is 1.71. The minimum Gasteiger partial charge on any atom is -0.383 e. The highest BCUT2D eigenvalue weighted by atomic mass is 35.5. The normalized spacial score (nSPS) is 14.9. The van der Waals surface area contributed by atoms with Crippen LogP contribution in [-0.2, 0) is 4.74 Å². The highest BCUT2D eigenvalue weighted by molar-refractivity contribution is 6.30. The Balaban J connectivity index is 2.53. The maximum Gasteiger partial charge on any atom is 0.0613 e. The fourth-order valence-electron chi connectivity index (χ4n) is 1.57. The molecule has 1 rings (SSSR count). The molecule has 1 aromatic carbocycles. The lowest BCUT2D eigenvalue weighted by atomic mass is 10.1. The Morgan fingerprint density at radius 1 is 1.27 bits per heavy atom. The molecular weight excluding hydrogens is 210 g/mol. The van der Waals surface area contributed by atoms with Crippen LogP contribution in [0.4, 0.5) is 0 Å². The van der Waals surface area contributed by atoms with Crippen LogP contribution in [0.5, 0.6) is 0 Å². The third kappa shape index (κ3) is 4.20. The summed E-state index contributed by atoms with van der Waals surface area (Å²) in [4.78, 5) is 0. The Labute approximate surface area is 96.6 Å². The molecule has 1 N–H and O–H groups in total. The van der Waals surface area contributed by atoms with Gasteiger partial charge in [-0.15, -0.1) is 0 Å². The van der Waals surface area contributed by atoms with Crippen LogP contribution in [0.1, 0.15) is 25.5 Å². The van der Waals surface area contributed by atoms with Crippen molar-refractivity contribution in [2.24, 2.45) is 0 Å². The molecule has 0 heterocycles. The minimum atomic E-state index is 0.312. The van der Waals surface area contributed by atoms with E-state index in [4.69, 9.17) is 16.3 Å². The number of methoxy groups -OCH3 is 1. The molecule has 0 amide bonds. The van der Waals surface area contributed by atoms with E-state index in [0.29, 0.717) is 12.1 Å². The van der Waals surface area contributed by atoms with E-state index in [-0.39, 0.29) is 0 Å². The van der Waals surface area contributed by atoms with Gasteiger partial charge in [-0.25, -0.2) is 0 Å². The first-order valence-corrected chi connectivity index (χ1v) is 5.51. The van der Waals surface area contributed by atoms with Gasteiger partial charge in [-0.2, -0.15) is 0 Å². The first-order valence-electron chi connectivity index (χ1n) is 5.14. The van der Waals surface area contributed by atoms with E-state index in [9.17, 15) is 0 Å². The summed E-state index contributed by atoms with van der Waals surface area (Å²) in [6.45, 7) is 4.96. The zero-order valence-corrected chi connectivity index (χ0v) is 10.2. The van der Waals surface area contributed by atoms with Gasteiger partial charge >= 0.3 is 0 Å². The SMILES string of the molecule is COC[C@H](C)N[C@@H](C)c1ccc(Cl)cc1. The van der Waals surface area contributed by atoms with Crippen LogP contribution >= 0.6 is 11.6 Å². The van der Waals surface area contributed by atoms with Gasteiger partial charge in [0.1, 0.15) is 0 Å². The predicted molar refractivity (Wildman–Crippen MR) is 64.3 cm³/mol. The van der Waals surface area contributed by atoms with Crippen LogP contribution in [-0.4, -0.2) is 19.8 Å². The quantitative estimate of drug-likeness (QED) is 0.835. The summed E-state index contributed by atoms with van der Waals surface area (Å²) in [6.07, 6.45) is 0. The molecule has 0 saturated heterocycles. The first kappa shape index (κ1) is 12.5. The van der Waals surface area contributed by atoms with Crippen molar-refractivity contribution in [2.75, 3.05) is 13.7 Å². The highest BCUT2D eigenvalue weighted by Crippen LogP contribution is 2.16. The van der Waals surface area contributed by atoms with E-state index < -0.39 is 0 Å². The van der Waals surface area contributed by atoms with Crippen molar-refractivity contribution in [1.29, 1.82) is 0 Å². The molecule has 0 aromatic heterocycles. The number of hydrogen-bond donors (Lipinski definition) is 1. The Hall–Kier alpha value is -0.570. The average Bonchev–Trinajstić information content (AvgIpc) is 2.18. The van der Waals surface area contributed by atoms with Crippen LogP contribution in [0.2, 0.25) is 5.02 Å². The molecule has 3 heteroatoms. The molecule has 2 atom stereocenters. The number of nitrogens with one attached hydrogen (secondary N) is 1. The van der Waals surface area contributed by atoms with Crippen LogP contribution in [0, 0.1) is 0 Å². The van der Waals surface area contributed by atoms with Crippen molar-refractivity contribution in [3.8, 4) is 0 Å². The second-order valence-corrected chi connectivity index (χ2v) is 4.23. The highest BCUT2D eigenvalue weighted by Gasteiger charge is 2.08. The molecule has 0 fully saturated rings. The first-order chi connectivity index (χ1) is 7.13. The van der Waals surface area contributed by atoms with Gasteiger partial charge in [0.15, 0.2) is 0 Å². The molecule has 0 bridgehead atoms. The number of hydrogen-bond acceptors (Lipinski definition) is 2. The summed E-state index contributed by atoms with van der Waals surface area (Å²) >= 11 is 5.83. The van der Waals surface area contributed by atoms with Gasteiger partial charge in [-0.05, 0) is 31.5 Å². The Morgan fingerprint density at radius 2 is 1.87 bits per heavy atom. The third-order valence-corrected chi connectivity index (χ3v) is 2.57. The second-order valence-electron chi connectivity index (χ2n) is 3.80. The number of rotatable bonds is 5. The average molecular weight is 228 g/mol. The van der Waals surface area contributed by atoms with Crippen LogP contribution in [0.3, 0.4) is 0 Å². The molecule has 0 aliphatic rings. The molecule has 0 aliphatic heterocycles. The topological polar surface area (TPSA) is 21.3 Å². The summed E-state index contributed by atoms with van der Waals surface area (Å²) in [5.74, 6) is 0. The van der Waals surface area contributed by atoms with E-state index >= 15 is 0 Å². The van der Waals surface area contributed by atoms with E-state index in [2.05, 4.69) is 19.2 Å². The van der Waals surface area contributed by atoms with E-state index in [1.165, 1.54) is 5.56 Å². The molecule has 15 heavy (non-hydrogen) atoms. The molecule has 0 unspecified atom stereocenters. The zero-order valence-electron chi connectivity index (χ0n) is 9.46. The fraction of sp³-hybridized carbons (Fsp3) is 0.500. The molecular formula is C12H18ClNO. The number of ether oxygens (including phenoxy) is 1. The van der Waals surface area contributed by atoms with Gasteiger partial charge in [0.05, 0.1) is 6.61 Å². The fourth-order valence-corrected chi connectivity index (χ4v) is 1.70. The van der Waals surface area contributed by atoms with Crippen LogP contribution < -0.4 is 5.32 Å². The van der Waals surface area contributed by atoms with E-state index in [1.807, 2.05) is 24.3 Å². The standard InChI is InChI=1S/C12H18ClNO/c1-9(8-15-3)14-10(2)11-4-6-12(13)7-5-11/h4-7,9-10,14H,8H2,1-3H3/t9-,10-/m0/s1. The smallest absolute Gasteiger partial charge is 0.0613 e. The van der Waals surface area contributed by atoms with Gasteiger partial charge < -0.3 is 10.1 Å².